The molecule has 2 N–H and O–H groups in total. The summed E-state index contributed by atoms with van der Waals surface area (Å²) in [4.78, 5) is 22.2. The van der Waals surface area contributed by atoms with E-state index in [0.29, 0.717) is 5.56 Å². The number of hydrogen-bond acceptors (Lipinski definition) is 6. The third-order valence-electron chi connectivity index (χ3n) is 2.93. The molecular formula is C15H13N3O5. The fourth-order valence-corrected chi connectivity index (χ4v) is 1.83. The standard InChI is InChI=1S/C15H13N3O5/c1-23-14-8-10(6-7-13(14)19)9-16-17-15(20)11-4-2-3-5-12(11)18(21)22/h2-9,19H,1H3,(H,17,20)/b16-9+. The lowest BCUT2D eigenvalue weighted by molar-refractivity contribution is -0.385. The average molecular weight is 315 g/mol. The first-order chi connectivity index (χ1) is 11.0. The van der Waals surface area contributed by atoms with E-state index in [9.17, 15) is 20.0 Å². The van der Waals surface area contributed by atoms with Gasteiger partial charge in [-0.2, -0.15) is 5.10 Å². The van der Waals surface area contributed by atoms with Crippen LogP contribution in [0, 0.1) is 10.1 Å². The molecule has 2 aromatic carbocycles. The molecule has 0 atom stereocenters. The van der Waals surface area contributed by atoms with Crippen LogP contribution in [0.5, 0.6) is 11.5 Å². The molecule has 0 saturated carbocycles. The number of amides is 1. The van der Waals surface area contributed by atoms with Gasteiger partial charge in [0.1, 0.15) is 5.56 Å². The third kappa shape index (κ3) is 3.82. The van der Waals surface area contributed by atoms with Crippen molar-refractivity contribution in [3.05, 3.63) is 63.7 Å². The Kier molecular flexibility index (Phi) is 4.88. The van der Waals surface area contributed by atoms with E-state index >= 15 is 0 Å². The number of ether oxygens (including phenoxy) is 1. The maximum Gasteiger partial charge on any atom is 0.282 e. The fraction of sp³-hybridized carbons (Fsp3) is 0.0667. The number of hydrogen-bond donors (Lipinski definition) is 2. The number of para-hydroxylation sites is 1. The van der Waals surface area contributed by atoms with Gasteiger partial charge >= 0.3 is 0 Å². The van der Waals surface area contributed by atoms with E-state index in [1.807, 2.05) is 0 Å². The van der Waals surface area contributed by atoms with Gasteiger partial charge in [0, 0.05) is 6.07 Å². The van der Waals surface area contributed by atoms with Crippen LogP contribution in [0.25, 0.3) is 0 Å². The number of hydrazone groups is 1. The van der Waals surface area contributed by atoms with Gasteiger partial charge in [-0.3, -0.25) is 14.9 Å². The SMILES string of the molecule is COc1cc(/C=N/NC(=O)c2ccccc2[N+](=O)[O-])ccc1O. The Morgan fingerprint density at radius 2 is 2.09 bits per heavy atom. The lowest BCUT2D eigenvalue weighted by atomic mass is 10.2. The second kappa shape index (κ2) is 7.03. The number of phenolic OH excluding ortho intramolecular Hbond substituents is 1. The largest absolute Gasteiger partial charge is 0.504 e. The predicted molar refractivity (Wildman–Crippen MR) is 82.8 cm³/mol. The van der Waals surface area contributed by atoms with E-state index in [2.05, 4.69) is 10.5 Å². The summed E-state index contributed by atoms with van der Waals surface area (Å²) in [5.74, 6) is -0.452. The highest BCUT2D eigenvalue weighted by Crippen LogP contribution is 2.25. The molecule has 0 radical (unpaired) electrons. The van der Waals surface area contributed by atoms with E-state index in [4.69, 9.17) is 4.74 Å². The van der Waals surface area contributed by atoms with Crippen LogP contribution in [0.15, 0.2) is 47.6 Å². The van der Waals surface area contributed by atoms with Crippen molar-refractivity contribution in [2.45, 2.75) is 0 Å². The van der Waals surface area contributed by atoms with E-state index in [1.54, 1.807) is 6.07 Å². The number of methoxy groups -OCH3 is 1. The van der Waals surface area contributed by atoms with Crippen molar-refractivity contribution in [3.63, 3.8) is 0 Å². The van der Waals surface area contributed by atoms with Crippen LogP contribution in [-0.2, 0) is 0 Å². The van der Waals surface area contributed by atoms with E-state index < -0.39 is 10.8 Å². The van der Waals surface area contributed by atoms with Crippen LogP contribution in [-0.4, -0.2) is 29.3 Å². The molecule has 0 unspecified atom stereocenters. The summed E-state index contributed by atoms with van der Waals surface area (Å²) in [5, 5.41) is 24.1. The first-order valence-electron chi connectivity index (χ1n) is 6.46. The molecule has 2 rings (SSSR count). The van der Waals surface area contributed by atoms with Gasteiger partial charge < -0.3 is 9.84 Å². The summed E-state index contributed by atoms with van der Waals surface area (Å²) in [6.07, 6.45) is 1.33. The molecule has 0 aliphatic rings. The number of nitro groups is 1. The number of phenols is 1. The molecule has 0 bridgehead atoms. The number of aromatic hydroxyl groups is 1. The molecule has 0 aliphatic heterocycles. The number of nitro benzene ring substituents is 1. The molecule has 8 nitrogen and oxygen atoms in total. The van der Waals surface area contributed by atoms with E-state index in [1.165, 1.54) is 49.7 Å². The molecule has 0 fully saturated rings. The first kappa shape index (κ1) is 16.0. The van der Waals surface area contributed by atoms with Crippen molar-refractivity contribution in [3.8, 4) is 11.5 Å². The van der Waals surface area contributed by atoms with Crippen molar-refractivity contribution < 1.29 is 19.6 Å². The lowest BCUT2D eigenvalue weighted by Crippen LogP contribution is -2.18. The fourth-order valence-electron chi connectivity index (χ4n) is 1.83. The quantitative estimate of drug-likeness (QED) is 0.498. The molecule has 2 aromatic rings. The normalized spacial score (nSPS) is 10.5. The Morgan fingerprint density at radius 3 is 2.78 bits per heavy atom. The van der Waals surface area contributed by atoms with Crippen molar-refractivity contribution >= 4 is 17.8 Å². The Bertz CT molecular complexity index is 773. The number of nitrogens with one attached hydrogen (secondary N) is 1. The minimum Gasteiger partial charge on any atom is -0.504 e. The Labute approximate surface area is 131 Å². The topological polar surface area (TPSA) is 114 Å². The molecule has 8 heteroatoms. The highest BCUT2D eigenvalue weighted by Gasteiger charge is 2.18. The molecule has 23 heavy (non-hydrogen) atoms. The minimum atomic E-state index is -0.695. The van der Waals surface area contributed by atoms with Gasteiger partial charge in [-0.1, -0.05) is 12.1 Å². The van der Waals surface area contributed by atoms with Crippen LogP contribution in [0.4, 0.5) is 5.69 Å². The van der Waals surface area contributed by atoms with Crippen molar-refractivity contribution in [2.24, 2.45) is 5.10 Å². The van der Waals surface area contributed by atoms with Crippen LogP contribution in [0.3, 0.4) is 0 Å². The van der Waals surface area contributed by atoms with Gasteiger partial charge in [-0.15, -0.1) is 0 Å². The van der Waals surface area contributed by atoms with Crippen LogP contribution < -0.4 is 10.2 Å². The Morgan fingerprint density at radius 1 is 1.35 bits per heavy atom. The highest BCUT2D eigenvalue weighted by molar-refractivity contribution is 5.98. The maximum absolute atomic E-state index is 11.9. The van der Waals surface area contributed by atoms with Crippen molar-refractivity contribution in [1.82, 2.24) is 5.43 Å². The minimum absolute atomic E-state index is 0.0198. The average Bonchev–Trinajstić information content (AvgIpc) is 2.56. The van der Waals surface area contributed by atoms with Gasteiger partial charge in [0.15, 0.2) is 11.5 Å². The van der Waals surface area contributed by atoms with Gasteiger partial charge in [-0.05, 0) is 29.8 Å². The summed E-state index contributed by atoms with van der Waals surface area (Å²) in [6.45, 7) is 0. The molecule has 0 heterocycles. The van der Waals surface area contributed by atoms with Crippen LogP contribution in [0.1, 0.15) is 15.9 Å². The summed E-state index contributed by atoms with van der Waals surface area (Å²) in [7, 11) is 1.41. The third-order valence-corrected chi connectivity index (χ3v) is 2.93. The van der Waals surface area contributed by atoms with Crippen LogP contribution >= 0.6 is 0 Å². The molecule has 0 spiro atoms. The molecule has 0 aliphatic carbocycles. The first-order valence-corrected chi connectivity index (χ1v) is 6.46. The summed E-state index contributed by atoms with van der Waals surface area (Å²) in [6, 6.07) is 10.1. The van der Waals surface area contributed by atoms with E-state index in [0.717, 1.165) is 0 Å². The zero-order valence-corrected chi connectivity index (χ0v) is 12.1. The Hall–Kier alpha value is -3.42. The molecule has 1 amide bonds. The van der Waals surface area contributed by atoms with Gasteiger partial charge in [0.25, 0.3) is 11.6 Å². The maximum atomic E-state index is 11.9. The molecular weight excluding hydrogens is 302 g/mol. The van der Waals surface area contributed by atoms with Crippen LogP contribution in [0.2, 0.25) is 0 Å². The van der Waals surface area contributed by atoms with Crippen molar-refractivity contribution in [2.75, 3.05) is 7.11 Å². The predicted octanol–water partition coefficient (Wildman–Crippen LogP) is 2.07. The van der Waals surface area contributed by atoms with Gasteiger partial charge in [0.2, 0.25) is 0 Å². The van der Waals surface area contributed by atoms with Gasteiger partial charge in [0.05, 0.1) is 18.2 Å². The number of carbonyl (C=O) groups is 1. The number of rotatable bonds is 5. The van der Waals surface area contributed by atoms with E-state index in [-0.39, 0.29) is 22.7 Å². The smallest absolute Gasteiger partial charge is 0.282 e. The number of carbonyl (C=O) groups excluding carboxylic acids is 1. The highest BCUT2D eigenvalue weighted by atomic mass is 16.6. The summed E-state index contributed by atoms with van der Waals surface area (Å²) in [5.41, 5.74) is 2.40. The molecule has 0 aromatic heterocycles. The lowest BCUT2D eigenvalue weighted by Gasteiger charge is -2.03. The zero-order chi connectivity index (χ0) is 16.8. The molecule has 0 saturated heterocycles. The number of benzene rings is 2. The monoisotopic (exact) mass is 315 g/mol. The second-order valence-corrected chi connectivity index (χ2v) is 4.40. The molecule has 118 valence electrons. The van der Waals surface area contributed by atoms with Crippen molar-refractivity contribution in [1.29, 1.82) is 0 Å². The van der Waals surface area contributed by atoms with Gasteiger partial charge in [-0.25, -0.2) is 5.43 Å². The summed E-state index contributed by atoms with van der Waals surface area (Å²) >= 11 is 0. The second-order valence-electron chi connectivity index (χ2n) is 4.40. The summed E-state index contributed by atoms with van der Waals surface area (Å²) < 4.78 is 4.95. The zero-order valence-electron chi connectivity index (χ0n) is 12.1. The Balaban J connectivity index is 2.12. The number of nitrogens with zero attached hydrogens (tertiary/aromatic N) is 2.